The predicted molar refractivity (Wildman–Crippen MR) is 120 cm³/mol. The highest BCUT2D eigenvalue weighted by Crippen LogP contribution is 2.23. The zero-order valence-corrected chi connectivity index (χ0v) is 18.1. The van der Waals surface area contributed by atoms with Crippen molar-refractivity contribution in [3.8, 4) is 5.75 Å². The smallest absolute Gasteiger partial charge is 0.262 e. The van der Waals surface area contributed by atoms with Crippen LogP contribution in [0.5, 0.6) is 5.75 Å². The van der Waals surface area contributed by atoms with Gasteiger partial charge in [0.15, 0.2) is 0 Å². The van der Waals surface area contributed by atoms with Gasteiger partial charge in [0.05, 0.1) is 12.1 Å². The van der Waals surface area contributed by atoms with E-state index in [1.54, 1.807) is 22.8 Å². The van der Waals surface area contributed by atoms with Crippen molar-refractivity contribution in [3.63, 3.8) is 0 Å². The highest BCUT2D eigenvalue weighted by molar-refractivity contribution is 6.03. The number of benzene rings is 2. The van der Waals surface area contributed by atoms with E-state index in [1.165, 1.54) is 44.5 Å². The van der Waals surface area contributed by atoms with E-state index in [2.05, 4.69) is 4.90 Å². The van der Waals surface area contributed by atoms with Gasteiger partial charge in [-0.1, -0.05) is 6.42 Å². The number of carbonyl (C=O) groups excluding carboxylic acids is 1. The molecule has 6 heteroatoms. The van der Waals surface area contributed by atoms with Crippen molar-refractivity contribution < 1.29 is 13.9 Å². The van der Waals surface area contributed by atoms with E-state index in [-0.39, 0.29) is 24.1 Å². The Labute approximate surface area is 183 Å². The number of rotatable bonds is 6. The molecule has 0 amide bonds. The summed E-state index contributed by atoms with van der Waals surface area (Å²) in [6.45, 7) is 6.03. The fraction of sp³-hybridized carbons (Fsp3) is 0.375. The Hall–Kier alpha value is -2.37. The summed E-state index contributed by atoms with van der Waals surface area (Å²) in [6.07, 6.45) is 4.97. The SMILES string of the molecule is Cc1cc2cc(F)ccc2n1C(=O)c1ccc(OCCCN2CCCCC2)cc1.Cl. The molecule has 0 aliphatic carbocycles. The van der Waals surface area contributed by atoms with Gasteiger partial charge in [-0.3, -0.25) is 9.36 Å². The molecular formula is C24H28ClFN2O2. The van der Waals surface area contributed by atoms with Crippen LogP contribution in [0.1, 0.15) is 41.7 Å². The molecule has 1 aliphatic rings. The van der Waals surface area contributed by atoms with E-state index in [9.17, 15) is 9.18 Å². The summed E-state index contributed by atoms with van der Waals surface area (Å²) in [4.78, 5) is 15.5. The van der Waals surface area contributed by atoms with Gasteiger partial charge >= 0.3 is 0 Å². The number of hydrogen-bond acceptors (Lipinski definition) is 3. The van der Waals surface area contributed by atoms with E-state index in [0.717, 1.165) is 29.8 Å². The monoisotopic (exact) mass is 430 g/mol. The molecule has 0 bridgehead atoms. The van der Waals surface area contributed by atoms with Crippen molar-refractivity contribution in [2.45, 2.75) is 32.6 Å². The molecule has 1 fully saturated rings. The van der Waals surface area contributed by atoms with E-state index in [4.69, 9.17) is 4.74 Å². The van der Waals surface area contributed by atoms with Gasteiger partial charge in [0, 0.05) is 23.2 Å². The minimum atomic E-state index is -0.302. The molecule has 0 atom stereocenters. The van der Waals surface area contributed by atoms with E-state index >= 15 is 0 Å². The normalized spacial score (nSPS) is 14.5. The first-order valence-electron chi connectivity index (χ1n) is 10.4. The zero-order chi connectivity index (χ0) is 20.2. The van der Waals surface area contributed by atoms with Crippen molar-refractivity contribution in [1.82, 2.24) is 9.47 Å². The van der Waals surface area contributed by atoms with Crippen LogP contribution >= 0.6 is 12.4 Å². The largest absolute Gasteiger partial charge is 0.494 e. The second-order valence-electron chi connectivity index (χ2n) is 7.76. The zero-order valence-electron chi connectivity index (χ0n) is 17.3. The first kappa shape index (κ1) is 22.3. The molecule has 1 aliphatic heterocycles. The third kappa shape index (κ3) is 5.02. The Balaban J connectivity index is 0.00000256. The topological polar surface area (TPSA) is 34.5 Å². The number of ether oxygens (including phenoxy) is 1. The highest BCUT2D eigenvalue weighted by atomic mass is 35.5. The van der Waals surface area contributed by atoms with Crippen molar-refractivity contribution in [2.75, 3.05) is 26.2 Å². The minimum absolute atomic E-state index is 0. The highest BCUT2D eigenvalue weighted by Gasteiger charge is 2.15. The predicted octanol–water partition coefficient (Wildman–Crippen LogP) is 5.45. The summed E-state index contributed by atoms with van der Waals surface area (Å²) < 4.78 is 20.9. The van der Waals surface area contributed by atoms with Crippen molar-refractivity contribution >= 4 is 29.2 Å². The number of aromatic nitrogens is 1. The lowest BCUT2D eigenvalue weighted by Crippen LogP contribution is -2.31. The Morgan fingerprint density at radius 1 is 1.03 bits per heavy atom. The molecular weight excluding hydrogens is 403 g/mol. The lowest BCUT2D eigenvalue weighted by Gasteiger charge is -2.26. The van der Waals surface area contributed by atoms with E-state index in [0.29, 0.717) is 17.7 Å². The van der Waals surface area contributed by atoms with Crippen LogP contribution < -0.4 is 4.74 Å². The molecule has 0 radical (unpaired) electrons. The maximum absolute atomic E-state index is 13.5. The molecule has 0 spiro atoms. The Bertz CT molecular complexity index is 994. The standard InChI is InChI=1S/C24H27FN2O2.ClH/c1-18-16-20-17-21(25)8-11-23(20)27(18)24(28)19-6-9-22(10-7-19)29-15-5-14-26-12-3-2-4-13-26;/h6-11,16-17H,2-5,12-15H2,1H3;1H. The number of aryl methyl sites for hydroxylation is 1. The molecule has 4 nitrogen and oxygen atoms in total. The third-order valence-electron chi connectivity index (χ3n) is 5.59. The first-order valence-corrected chi connectivity index (χ1v) is 10.4. The molecule has 1 saturated heterocycles. The number of hydrogen-bond donors (Lipinski definition) is 0. The van der Waals surface area contributed by atoms with Crippen LogP contribution in [0.3, 0.4) is 0 Å². The summed E-state index contributed by atoms with van der Waals surface area (Å²) in [5.74, 6) is 0.348. The lowest BCUT2D eigenvalue weighted by atomic mass is 10.1. The average molecular weight is 431 g/mol. The first-order chi connectivity index (χ1) is 14.1. The molecule has 160 valence electrons. The van der Waals surface area contributed by atoms with Crippen LogP contribution in [0.4, 0.5) is 4.39 Å². The second kappa shape index (κ2) is 10.1. The van der Waals surface area contributed by atoms with Crippen LogP contribution in [0.2, 0.25) is 0 Å². The Morgan fingerprint density at radius 3 is 2.50 bits per heavy atom. The molecule has 3 aromatic rings. The van der Waals surface area contributed by atoms with Gasteiger partial charge < -0.3 is 9.64 Å². The van der Waals surface area contributed by atoms with Crippen LogP contribution in [0.25, 0.3) is 10.9 Å². The van der Waals surface area contributed by atoms with Crippen molar-refractivity contribution in [2.24, 2.45) is 0 Å². The summed E-state index contributed by atoms with van der Waals surface area (Å²) in [5.41, 5.74) is 2.08. The van der Waals surface area contributed by atoms with Gasteiger partial charge in [-0.2, -0.15) is 0 Å². The van der Waals surface area contributed by atoms with Gasteiger partial charge in [0.2, 0.25) is 0 Å². The maximum Gasteiger partial charge on any atom is 0.262 e. The third-order valence-corrected chi connectivity index (χ3v) is 5.59. The number of nitrogens with zero attached hydrogens (tertiary/aromatic N) is 2. The quantitative estimate of drug-likeness (QED) is 0.487. The van der Waals surface area contributed by atoms with Crippen LogP contribution in [0.15, 0.2) is 48.5 Å². The Kier molecular flexibility index (Phi) is 7.51. The second-order valence-corrected chi connectivity index (χ2v) is 7.76. The molecule has 0 unspecified atom stereocenters. The fourth-order valence-corrected chi connectivity index (χ4v) is 4.08. The van der Waals surface area contributed by atoms with E-state index < -0.39 is 0 Å². The molecule has 2 aromatic carbocycles. The van der Waals surface area contributed by atoms with Crippen molar-refractivity contribution in [3.05, 3.63) is 65.6 Å². The summed E-state index contributed by atoms with van der Waals surface area (Å²) in [6, 6.07) is 13.6. The number of fused-ring (bicyclic) bond motifs is 1. The van der Waals surface area contributed by atoms with Gasteiger partial charge in [0.25, 0.3) is 5.91 Å². The molecule has 30 heavy (non-hydrogen) atoms. The summed E-state index contributed by atoms with van der Waals surface area (Å²) >= 11 is 0. The number of likely N-dealkylation sites (tertiary alicyclic amines) is 1. The maximum atomic E-state index is 13.5. The molecule has 1 aromatic heterocycles. The Morgan fingerprint density at radius 2 is 1.77 bits per heavy atom. The van der Waals surface area contributed by atoms with Gasteiger partial charge in [-0.05, 0) is 87.8 Å². The lowest BCUT2D eigenvalue weighted by molar-refractivity contribution is 0.0963. The number of piperidine rings is 1. The van der Waals surface area contributed by atoms with E-state index in [1.807, 2.05) is 25.1 Å². The molecule has 4 rings (SSSR count). The summed E-state index contributed by atoms with van der Waals surface area (Å²) in [5, 5.41) is 0.726. The molecule has 2 heterocycles. The van der Waals surface area contributed by atoms with Crippen LogP contribution in [0, 0.1) is 12.7 Å². The summed E-state index contributed by atoms with van der Waals surface area (Å²) in [7, 11) is 0. The minimum Gasteiger partial charge on any atom is -0.494 e. The fourth-order valence-electron chi connectivity index (χ4n) is 4.08. The number of halogens is 2. The van der Waals surface area contributed by atoms with Crippen LogP contribution in [-0.4, -0.2) is 41.6 Å². The van der Waals surface area contributed by atoms with Crippen molar-refractivity contribution in [1.29, 1.82) is 0 Å². The molecule has 0 N–H and O–H groups in total. The van der Waals surface area contributed by atoms with Crippen LogP contribution in [-0.2, 0) is 0 Å². The average Bonchev–Trinajstić information content (AvgIpc) is 3.06. The van der Waals surface area contributed by atoms with Gasteiger partial charge in [0.1, 0.15) is 11.6 Å². The number of carbonyl (C=O) groups is 1. The molecule has 0 saturated carbocycles. The van der Waals surface area contributed by atoms with Gasteiger partial charge in [-0.15, -0.1) is 12.4 Å². The van der Waals surface area contributed by atoms with Gasteiger partial charge in [-0.25, -0.2) is 4.39 Å².